The second-order valence-corrected chi connectivity index (χ2v) is 4.43. The van der Waals surface area contributed by atoms with Gasteiger partial charge < -0.3 is 10.6 Å². The van der Waals surface area contributed by atoms with Crippen molar-refractivity contribution in [1.29, 1.82) is 0 Å². The molecule has 2 aromatic rings. The van der Waals surface area contributed by atoms with Crippen LogP contribution in [0, 0.1) is 5.82 Å². The molecule has 0 atom stereocenters. The Kier molecular flexibility index (Phi) is 4.46. The molecule has 0 fully saturated rings. The summed E-state index contributed by atoms with van der Waals surface area (Å²) in [6.07, 6.45) is 2.70. The monoisotopic (exact) mass is 263 g/mol. The summed E-state index contributed by atoms with van der Waals surface area (Å²) >= 11 is 0. The van der Waals surface area contributed by atoms with E-state index in [9.17, 15) is 4.39 Å². The van der Waals surface area contributed by atoms with Crippen LogP contribution in [0.2, 0.25) is 0 Å². The van der Waals surface area contributed by atoms with Gasteiger partial charge in [0.05, 0.1) is 6.54 Å². The van der Waals surface area contributed by atoms with Crippen molar-refractivity contribution in [2.75, 3.05) is 18.0 Å². The van der Waals surface area contributed by atoms with Crippen LogP contribution in [0.5, 0.6) is 0 Å². The zero-order valence-corrected chi connectivity index (χ0v) is 11.0. The summed E-state index contributed by atoms with van der Waals surface area (Å²) in [6, 6.07) is 6.55. The number of rotatable bonds is 6. The van der Waals surface area contributed by atoms with Gasteiger partial charge in [0.25, 0.3) is 0 Å². The third-order valence-corrected chi connectivity index (χ3v) is 2.81. The summed E-state index contributed by atoms with van der Waals surface area (Å²) in [5.41, 5.74) is 7.23. The molecule has 0 radical (unpaired) electrons. The number of nitrogens with two attached hydrogens (primary N) is 1. The second-order valence-electron chi connectivity index (χ2n) is 4.43. The van der Waals surface area contributed by atoms with Gasteiger partial charge in [-0.15, -0.1) is 5.10 Å². The quantitative estimate of drug-likeness (QED) is 0.853. The zero-order chi connectivity index (χ0) is 13.7. The first-order valence-electron chi connectivity index (χ1n) is 6.25. The predicted molar refractivity (Wildman–Crippen MR) is 72.1 cm³/mol. The van der Waals surface area contributed by atoms with Crippen LogP contribution in [-0.4, -0.2) is 28.1 Å². The van der Waals surface area contributed by atoms with Gasteiger partial charge in [-0.2, -0.15) is 0 Å². The molecule has 0 aliphatic heterocycles. The van der Waals surface area contributed by atoms with Gasteiger partial charge in [-0.1, -0.05) is 11.3 Å². The molecule has 2 N–H and O–H groups in total. The largest absolute Gasteiger partial charge is 0.365 e. The molecular weight excluding hydrogens is 245 g/mol. The predicted octanol–water partition coefficient (Wildman–Crippen LogP) is 1.31. The molecule has 0 saturated carbocycles. The number of anilines is 1. The van der Waals surface area contributed by atoms with Crippen LogP contribution in [0.4, 0.5) is 10.1 Å². The number of hydrogen-bond acceptors (Lipinski definition) is 4. The van der Waals surface area contributed by atoms with E-state index in [1.165, 1.54) is 12.1 Å². The van der Waals surface area contributed by atoms with Gasteiger partial charge in [-0.3, -0.25) is 4.68 Å². The van der Waals surface area contributed by atoms with Crippen LogP contribution in [-0.2, 0) is 13.6 Å². The number of hydrogen-bond donors (Lipinski definition) is 1. The lowest BCUT2D eigenvalue weighted by Crippen LogP contribution is -2.26. The molecule has 5 nitrogen and oxygen atoms in total. The summed E-state index contributed by atoms with van der Waals surface area (Å²) in [5.74, 6) is -0.241. The zero-order valence-electron chi connectivity index (χ0n) is 11.0. The van der Waals surface area contributed by atoms with Crippen LogP contribution in [0.3, 0.4) is 0 Å². The molecule has 1 aromatic carbocycles. The van der Waals surface area contributed by atoms with Gasteiger partial charge in [0.15, 0.2) is 0 Å². The van der Waals surface area contributed by atoms with Crippen molar-refractivity contribution in [3.8, 4) is 0 Å². The maximum absolute atomic E-state index is 13.3. The van der Waals surface area contributed by atoms with Gasteiger partial charge in [0, 0.05) is 25.5 Å². The fraction of sp³-hybridized carbons (Fsp3) is 0.385. The standard InChI is InChI=1S/C13H18FN5/c1-18-9-12(16-17-18)10-19(7-3-6-15)13-5-2-4-11(14)8-13/h2,4-5,8-9H,3,6-7,10,15H2,1H3. The maximum Gasteiger partial charge on any atom is 0.125 e. The third kappa shape index (κ3) is 3.75. The van der Waals surface area contributed by atoms with Crippen LogP contribution in [0.1, 0.15) is 12.1 Å². The smallest absolute Gasteiger partial charge is 0.125 e. The van der Waals surface area contributed by atoms with E-state index in [1.54, 1.807) is 10.7 Å². The molecule has 0 amide bonds. The summed E-state index contributed by atoms with van der Waals surface area (Å²) in [7, 11) is 1.82. The molecule has 0 bridgehead atoms. The van der Waals surface area contributed by atoms with E-state index in [0.717, 1.165) is 24.3 Å². The normalized spacial score (nSPS) is 10.7. The molecule has 0 saturated heterocycles. The molecule has 1 heterocycles. The first-order valence-corrected chi connectivity index (χ1v) is 6.25. The Morgan fingerprint density at radius 2 is 2.26 bits per heavy atom. The van der Waals surface area contributed by atoms with Gasteiger partial charge in [-0.05, 0) is 31.2 Å². The van der Waals surface area contributed by atoms with Gasteiger partial charge in [0.2, 0.25) is 0 Å². The Morgan fingerprint density at radius 3 is 2.89 bits per heavy atom. The van der Waals surface area contributed by atoms with Crippen molar-refractivity contribution in [2.24, 2.45) is 12.8 Å². The highest BCUT2D eigenvalue weighted by molar-refractivity contribution is 5.46. The topological polar surface area (TPSA) is 60.0 Å². The van der Waals surface area contributed by atoms with E-state index in [1.807, 2.05) is 19.3 Å². The summed E-state index contributed by atoms with van der Waals surface area (Å²) < 4.78 is 15.0. The minimum absolute atomic E-state index is 0.241. The molecule has 19 heavy (non-hydrogen) atoms. The highest BCUT2D eigenvalue weighted by Crippen LogP contribution is 2.17. The minimum Gasteiger partial charge on any atom is -0.365 e. The number of aromatic nitrogens is 3. The fourth-order valence-corrected chi connectivity index (χ4v) is 1.92. The van der Waals surface area contributed by atoms with Crippen LogP contribution >= 0.6 is 0 Å². The Balaban J connectivity index is 2.15. The molecule has 1 aromatic heterocycles. The highest BCUT2D eigenvalue weighted by Gasteiger charge is 2.10. The lowest BCUT2D eigenvalue weighted by molar-refractivity contribution is 0.625. The van der Waals surface area contributed by atoms with Gasteiger partial charge in [0.1, 0.15) is 11.5 Å². The summed E-state index contributed by atoms with van der Waals surface area (Å²) in [6.45, 7) is 1.96. The molecule has 2 rings (SSSR count). The van der Waals surface area contributed by atoms with Crippen molar-refractivity contribution >= 4 is 5.69 Å². The van der Waals surface area contributed by atoms with E-state index in [4.69, 9.17) is 5.73 Å². The summed E-state index contributed by atoms with van der Waals surface area (Å²) in [5, 5.41) is 7.96. The molecule has 6 heteroatoms. The molecule has 0 unspecified atom stereocenters. The molecule has 0 aliphatic carbocycles. The Labute approximate surface area is 111 Å². The van der Waals surface area contributed by atoms with Crippen molar-refractivity contribution in [3.63, 3.8) is 0 Å². The van der Waals surface area contributed by atoms with Crippen molar-refractivity contribution in [2.45, 2.75) is 13.0 Å². The first-order chi connectivity index (χ1) is 9.19. The number of benzene rings is 1. The Hall–Kier alpha value is -1.95. The van der Waals surface area contributed by atoms with E-state index in [2.05, 4.69) is 15.2 Å². The van der Waals surface area contributed by atoms with Crippen molar-refractivity contribution < 1.29 is 4.39 Å². The molecule has 102 valence electrons. The van der Waals surface area contributed by atoms with E-state index < -0.39 is 0 Å². The first kappa shape index (κ1) is 13.5. The van der Waals surface area contributed by atoms with E-state index >= 15 is 0 Å². The van der Waals surface area contributed by atoms with Crippen molar-refractivity contribution in [1.82, 2.24) is 15.0 Å². The average molecular weight is 263 g/mol. The second kappa shape index (κ2) is 6.29. The minimum atomic E-state index is -0.241. The Morgan fingerprint density at radius 1 is 1.42 bits per heavy atom. The fourth-order valence-electron chi connectivity index (χ4n) is 1.92. The summed E-state index contributed by atoms with van der Waals surface area (Å²) in [4.78, 5) is 2.06. The maximum atomic E-state index is 13.3. The van der Waals surface area contributed by atoms with Gasteiger partial charge in [-0.25, -0.2) is 4.39 Å². The van der Waals surface area contributed by atoms with Crippen molar-refractivity contribution in [3.05, 3.63) is 42.0 Å². The highest BCUT2D eigenvalue weighted by atomic mass is 19.1. The lowest BCUT2D eigenvalue weighted by atomic mass is 10.2. The molecular formula is C13H18FN5. The lowest BCUT2D eigenvalue weighted by Gasteiger charge is -2.23. The molecule has 0 aliphatic rings. The van der Waals surface area contributed by atoms with Gasteiger partial charge >= 0.3 is 0 Å². The Bertz CT molecular complexity index is 525. The number of aryl methyl sites for hydroxylation is 1. The average Bonchev–Trinajstić information content (AvgIpc) is 2.80. The third-order valence-electron chi connectivity index (χ3n) is 2.81. The van der Waals surface area contributed by atoms with Crippen LogP contribution in [0.15, 0.2) is 30.5 Å². The van der Waals surface area contributed by atoms with Crippen LogP contribution in [0.25, 0.3) is 0 Å². The van der Waals surface area contributed by atoms with Crippen LogP contribution < -0.4 is 10.6 Å². The van der Waals surface area contributed by atoms with E-state index in [-0.39, 0.29) is 5.82 Å². The molecule has 0 spiro atoms. The number of nitrogens with zero attached hydrogens (tertiary/aromatic N) is 4. The van der Waals surface area contributed by atoms with E-state index in [0.29, 0.717) is 13.1 Å². The SMILES string of the molecule is Cn1cc(CN(CCCN)c2cccc(F)c2)nn1. The number of halogens is 1.